The highest BCUT2D eigenvalue weighted by Gasteiger charge is 2.30. The molecule has 0 spiro atoms. The third kappa shape index (κ3) is 5.12. The van der Waals surface area contributed by atoms with E-state index in [2.05, 4.69) is 15.6 Å². The molecule has 0 atom stereocenters. The number of anilines is 2. The van der Waals surface area contributed by atoms with Gasteiger partial charge in [0.15, 0.2) is 0 Å². The predicted octanol–water partition coefficient (Wildman–Crippen LogP) is 4.31. The van der Waals surface area contributed by atoms with Crippen LogP contribution in [0.4, 0.5) is 24.5 Å². The standard InChI is InChI=1S/C24H17F3N4O3/c25-24(26,27)16-6-4-8-18(12-16)30-22(33)15-5-3-7-17(11-15)29-21(32)13-31-14-28-20-10-2-1-9-19(20)23(31)34/h1-12,14H,13H2,(H,29,32)(H,30,33). The number of halogens is 3. The van der Waals surface area contributed by atoms with Crippen molar-refractivity contribution in [3.63, 3.8) is 0 Å². The van der Waals surface area contributed by atoms with Gasteiger partial charge in [-0.05, 0) is 48.5 Å². The van der Waals surface area contributed by atoms with Gasteiger partial charge in [0.2, 0.25) is 5.91 Å². The van der Waals surface area contributed by atoms with Crippen LogP contribution in [0, 0.1) is 0 Å². The fourth-order valence-corrected chi connectivity index (χ4v) is 3.29. The fourth-order valence-electron chi connectivity index (χ4n) is 3.29. The Morgan fingerprint density at radius 2 is 1.59 bits per heavy atom. The third-order valence-corrected chi connectivity index (χ3v) is 4.90. The topological polar surface area (TPSA) is 93.1 Å². The number of carbonyl (C=O) groups is 2. The quantitative estimate of drug-likeness (QED) is 0.459. The smallest absolute Gasteiger partial charge is 0.325 e. The molecule has 0 aliphatic rings. The third-order valence-electron chi connectivity index (χ3n) is 4.90. The van der Waals surface area contributed by atoms with Crippen molar-refractivity contribution in [1.29, 1.82) is 0 Å². The van der Waals surface area contributed by atoms with Crippen LogP contribution in [0.25, 0.3) is 10.9 Å². The maximum Gasteiger partial charge on any atom is 0.416 e. The molecule has 34 heavy (non-hydrogen) atoms. The molecule has 0 aliphatic heterocycles. The van der Waals surface area contributed by atoms with E-state index in [0.717, 1.165) is 12.1 Å². The van der Waals surface area contributed by atoms with Gasteiger partial charge in [-0.3, -0.25) is 19.0 Å². The highest BCUT2D eigenvalue weighted by molar-refractivity contribution is 6.05. The SMILES string of the molecule is O=C(Cn1cnc2ccccc2c1=O)Nc1cccc(C(=O)Nc2cccc(C(F)(F)F)c2)c1. The van der Waals surface area contributed by atoms with E-state index in [4.69, 9.17) is 0 Å². The summed E-state index contributed by atoms with van der Waals surface area (Å²) in [7, 11) is 0. The molecule has 1 heterocycles. The number of rotatable bonds is 5. The lowest BCUT2D eigenvalue weighted by atomic mass is 10.1. The van der Waals surface area contributed by atoms with E-state index in [1.165, 1.54) is 41.2 Å². The van der Waals surface area contributed by atoms with Gasteiger partial charge in [-0.2, -0.15) is 13.2 Å². The molecule has 10 heteroatoms. The number of hydrogen-bond acceptors (Lipinski definition) is 4. The first-order valence-corrected chi connectivity index (χ1v) is 10.0. The number of benzene rings is 3. The van der Waals surface area contributed by atoms with Gasteiger partial charge in [-0.15, -0.1) is 0 Å². The monoisotopic (exact) mass is 466 g/mol. The van der Waals surface area contributed by atoms with Gasteiger partial charge in [-0.1, -0.05) is 24.3 Å². The Kier molecular flexibility index (Phi) is 6.13. The first-order valence-electron chi connectivity index (χ1n) is 10.0. The summed E-state index contributed by atoms with van der Waals surface area (Å²) in [6, 6.07) is 16.9. The molecule has 0 saturated heterocycles. The average Bonchev–Trinajstić information content (AvgIpc) is 2.81. The molecule has 0 fully saturated rings. The van der Waals surface area contributed by atoms with E-state index in [1.807, 2.05) is 0 Å². The van der Waals surface area contributed by atoms with Crippen molar-refractivity contribution in [3.8, 4) is 0 Å². The van der Waals surface area contributed by atoms with Crippen LogP contribution >= 0.6 is 0 Å². The number of aromatic nitrogens is 2. The first kappa shape index (κ1) is 22.7. The lowest BCUT2D eigenvalue weighted by Crippen LogP contribution is -2.28. The average molecular weight is 466 g/mol. The second-order valence-electron chi connectivity index (χ2n) is 7.36. The van der Waals surface area contributed by atoms with E-state index in [1.54, 1.807) is 30.3 Å². The van der Waals surface area contributed by atoms with Crippen molar-refractivity contribution < 1.29 is 22.8 Å². The van der Waals surface area contributed by atoms with Crippen LogP contribution in [0.3, 0.4) is 0 Å². The van der Waals surface area contributed by atoms with Crippen molar-refractivity contribution in [2.45, 2.75) is 12.7 Å². The van der Waals surface area contributed by atoms with Crippen LogP contribution < -0.4 is 16.2 Å². The van der Waals surface area contributed by atoms with Gasteiger partial charge < -0.3 is 10.6 Å². The number of para-hydroxylation sites is 1. The van der Waals surface area contributed by atoms with Gasteiger partial charge in [0.25, 0.3) is 11.5 Å². The minimum atomic E-state index is -4.53. The summed E-state index contributed by atoms with van der Waals surface area (Å²) < 4.78 is 39.8. The molecule has 0 unspecified atom stereocenters. The van der Waals surface area contributed by atoms with Crippen LogP contribution in [-0.4, -0.2) is 21.4 Å². The highest BCUT2D eigenvalue weighted by atomic mass is 19.4. The van der Waals surface area contributed by atoms with Crippen molar-refractivity contribution in [2.75, 3.05) is 10.6 Å². The largest absolute Gasteiger partial charge is 0.416 e. The van der Waals surface area contributed by atoms with Crippen molar-refractivity contribution in [1.82, 2.24) is 9.55 Å². The van der Waals surface area contributed by atoms with Gasteiger partial charge in [-0.25, -0.2) is 4.98 Å². The lowest BCUT2D eigenvalue weighted by molar-refractivity contribution is -0.137. The Hall–Kier alpha value is -4.47. The van der Waals surface area contributed by atoms with Crippen LogP contribution in [0.2, 0.25) is 0 Å². The molecule has 1 aromatic heterocycles. The zero-order valence-corrected chi connectivity index (χ0v) is 17.5. The number of hydrogen-bond donors (Lipinski definition) is 2. The minimum absolute atomic E-state index is 0.0163. The molecule has 4 aromatic rings. The van der Waals surface area contributed by atoms with Crippen molar-refractivity contribution >= 4 is 34.1 Å². The Balaban J connectivity index is 1.45. The molecular formula is C24H17F3N4O3. The summed E-state index contributed by atoms with van der Waals surface area (Å²) in [5, 5.41) is 5.39. The molecule has 172 valence electrons. The maximum atomic E-state index is 12.9. The number of nitrogens with zero attached hydrogens (tertiary/aromatic N) is 2. The predicted molar refractivity (Wildman–Crippen MR) is 120 cm³/mol. The number of carbonyl (C=O) groups excluding carboxylic acids is 2. The summed E-state index contributed by atoms with van der Waals surface area (Å²) in [6.07, 6.45) is -3.25. The molecular weight excluding hydrogens is 449 g/mol. The van der Waals surface area contributed by atoms with Crippen LogP contribution in [-0.2, 0) is 17.5 Å². The summed E-state index contributed by atoms with van der Waals surface area (Å²) in [6.45, 7) is -0.294. The first-order chi connectivity index (χ1) is 16.2. The lowest BCUT2D eigenvalue weighted by Gasteiger charge is -2.11. The molecule has 7 nitrogen and oxygen atoms in total. The molecule has 0 aliphatic carbocycles. The number of amides is 2. The zero-order chi connectivity index (χ0) is 24.3. The van der Waals surface area contributed by atoms with Crippen molar-refractivity contribution in [2.24, 2.45) is 0 Å². The number of fused-ring (bicyclic) bond motifs is 1. The zero-order valence-electron chi connectivity index (χ0n) is 17.5. The van der Waals surface area contributed by atoms with Gasteiger partial charge in [0, 0.05) is 16.9 Å². The second kappa shape index (κ2) is 9.18. The van der Waals surface area contributed by atoms with Crippen LogP contribution in [0.5, 0.6) is 0 Å². The van der Waals surface area contributed by atoms with Crippen LogP contribution in [0.1, 0.15) is 15.9 Å². The number of alkyl halides is 3. The Labute approximate surface area is 190 Å². The Bertz CT molecular complexity index is 1450. The summed E-state index contributed by atoms with van der Waals surface area (Å²) in [5.74, 6) is -1.17. The second-order valence-corrected chi connectivity index (χ2v) is 7.36. The summed E-state index contributed by atoms with van der Waals surface area (Å²) >= 11 is 0. The molecule has 3 aromatic carbocycles. The Morgan fingerprint density at radius 3 is 2.35 bits per heavy atom. The van der Waals surface area contributed by atoms with E-state index in [0.29, 0.717) is 10.9 Å². The van der Waals surface area contributed by atoms with E-state index in [-0.39, 0.29) is 29.0 Å². The summed E-state index contributed by atoms with van der Waals surface area (Å²) in [4.78, 5) is 41.7. The molecule has 0 bridgehead atoms. The Morgan fingerprint density at radius 1 is 0.882 bits per heavy atom. The van der Waals surface area contributed by atoms with Gasteiger partial charge in [0.1, 0.15) is 6.54 Å². The maximum absolute atomic E-state index is 12.9. The number of nitrogens with one attached hydrogen (secondary N) is 2. The molecule has 4 rings (SSSR count). The fraction of sp³-hybridized carbons (Fsp3) is 0.0833. The molecule has 0 saturated carbocycles. The van der Waals surface area contributed by atoms with E-state index < -0.39 is 23.6 Å². The van der Waals surface area contributed by atoms with E-state index >= 15 is 0 Å². The van der Waals surface area contributed by atoms with E-state index in [9.17, 15) is 27.6 Å². The minimum Gasteiger partial charge on any atom is -0.325 e. The molecule has 2 amide bonds. The summed E-state index contributed by atoms with van der Waals surface area (Å²) in [5.41, 5.74) is -0.343. The molecule has 0 radical (unpaired) electrons. The highest BCUT2D eigenvalue weighted by Crippen LogP contribution is 2.30. The van der Waals surface area contributed by atoms with Crippen LogP contribution in [0.15, 0.2) is 83.9 Å². The normalized spacial score (nSPS) is 11.3. The van der Waals surface area contributed by atoms with Gasteiger partial charge in [0.05, 0.1) is 22.8 Å². The van der Waals surface area contributed by atoms with Gasteiger partial charge >= 0.3 is 6.18 Å². The van der Waals surface area contributed by atoms with Crippen molar-refractivity contribution in [3.05, 3.63) is 101 Å². The molecule has 2 N–H and O–H groups in total.